The first-order chi connectivity index (χ1) is 10.6. The standard InChI is InChI=1S/C15H9F3N4/c16-11-6-10(7-12(17)14(11)18)21-13-3-5-20-15(22-13)9-2-1-4-19-8-9/h1-8H,(H,20,21,22). The molecule has 0 bridgehead atoms. The van der Waals surface area contributed by atoms with Crippen LogP contribution in [0, 0.1) is 17.5 Å². The van der Waals surface area contributed by atoms with E-state index in [1.807, 2.05) is 0 Å². The van der Waals surface area contributed by atoms with Crippen LogP contribution in [0.15, 0.2) is 48.9 Å². The van der Waals surface area contributed by atoms with Crippen LogP contribution in [0.25, 0.3) is 11.4 Å². The maximum atomic E-state index is 13.2. The van der Waals surface area contributed by atoms with Crippen LogP contribution >= 0.6 is 0 Å². The quantitative estimate of drug-likeness (QED) is 0.750. The van der Waals surface area contributed by atoms with E-state index in [1.54, 1.807) is 24.5 Å². The minimum absolute atomic E-state index is 0.0484. The third-order valence-corrected chi connectivity index (χ3v) is 2.83. The Balaban J connectivity index is 1.91. The summed E-state index contributed by atoms with van der Waals surface area (Å²) < 4.78 is 39.3. The number of anilines is 2. The zero-order chi connectivity index (χ0) is 15.5. The Morgan fingerprint density at radius 3 is 2.41 bits per heavy atom. The molecular weight excluding hydrogens is 293 g/mol. The Kier molecular flexibility index (Phi) is 3.69. The fourth-order valence-corrected chi connectivity index (χ4v) is 1.84. The van der Waals surface area contributed by atoms with Crippen LogP contribution in [-0.4, -0.2) is 15.0 Å². The molecule has 1 aromatic carbocycles. The third-order valence-electron chi connectivity index (χ3n) is 2.83. The highest BCUT2D eigenvalue weighted by Crippen LogP contribution is 2.21. The maximum Gasteiger partial charge on any atom is 0.194 e. The van der Waals surface area contributed by atoms with Crippen molar-refractivity contribution in [2.75, 3.05) is 5.32 Å². The molecule has 3 rings (SSSR count). The second-order valence-corrected chi connectivity index (χ2v) is 4.39. The lowest BCUT2D eigenvalue weighted by Crippen LogP contribution is -1.99. The van der Waals surface area contributed by atoms with Gasteiger partial charge in [-0.25, -0.2) is 23.1 Å². The van der Waals surface area contributed by atoms with E-state index in [1.165, 1.54) is 12.3 Å². The van der Waals surface area contributed by atoms with Gasteiger partial charge in [-0.2, -0.15) is 0 Å². The van der Waals surface area contributed by atoms with Crippen molar-refractivity contribution in [2.24, 2.45) is 0 Å². The first kappa shape index (κ1) is 14.0. The molecule has 0 unspecified atom stereocenters. The Hall–Kier alpha value is -2.96. The van der Waals surface area contributed by atoms with E-state index in [4.69, 9.17) is 0 Å². The third kappa shape index (κ3) is 2.88. The van der Waals surface area contributed by atoms with Crippen LogP contribution in [0.2, 0.25) is 0 Å². The van der Waals surface area contributed by atoms with Gasteiger partial charge in [0, 0.05) is 42.0 Å². The van der Waals surface area contributed by atoms with Crippen molar-refractivity contribution in [3.05, 3.63) is 66.4 Å². The molecule has 2 aromatic heterocycles. The molecule has 0 aliphatic carbocycles. The second-order valence-electron chi connectivity index (χ2n) is 4.39. The van der Waals surface area contributed by atoms with Gasteiger partial charge in [0.25, 0.3) is 0 Å². The van der Waals surface area contributed by atoms with Gasteiger partial charge in [-0.05, 0) is 18.2 Å². The summed E-state index contributed by atoms with van der Waals surface area (Å²) in [4.78, 5) is 12.3. The first-order valence-corrected chi connectivity index (χ1v) is 6.28. The van der Waals surface area contributed by atoms with Crippen LogP contribution in [0.5, 0.6) is 0 Å². The number of rotatable bonds is 3. The monoisotopic (exact) mass is 302 g/mol. The van der Waals surface area contributed by atoms with Crippen LogP contribution < -0.4 is 5.32 Å². The molecule has 2 heterocycles. The fourth-order valence-electron chi connectivity index (χ4n) is 1.84. The number of nitrogens with one attached hydrogen (secondary N) is 1. The molecule has 0 atom stereocenters. The van der Waals surface area contributed by atoms with Gasteiger partial charge < -0.3 is 5.32 Å². The summed E-state index contributed by atoms with van der Waals surface area (Å²) in [5.74, 6) is -3.34. The van der Waals surface area contributed by atoms with Crippen LogP contribution in [-0.2, 0) is 0 Å². The number of nitrogens with zero attached hydrogens (tertiary/aromatic N) is 3. The number of halogens is 3. The highest BCUT2D eigenvalue weighted by atomic mass is 19.2. The Labute approximate surface area is 123 Å². The van der Waals surface area contributed by atoms with E-state index in [2.05, 4.69) is 20.3 Å². The van der Waals surface area contributed by atoms with Crippen LogP contribution in [0.3, 0.4) is 0 Å². The molecule has 0 saturated heterocycles. The van der Waals surface area contributed by atoms with E-state index in [0.29, 0.717) is 17.2 Å². The molecule has 4 nitrogen and oxygen atoms in total. The lowest BCUT2D eigenvalue weighted by atomic mass is 10.2. The minimum atomic E-state index is -1.51. The molecule has 3 aromatic rings. The zero-order valence-electron chi connectivity index (χ0n) is 11.1. The summed E-state index contributed by atoms with van der Waals surface area (Å²) in [5.41, 5.74) is 0.745. The highest BCUT2D eigenvalue weighted by molar-refractivity contribution is 5.60. The summed E-state index contributed by atoms with van der Waals surface area (Å²) in [6, 6.07) is 6.75. The van der Waals surface area contributed by atoms with E-state index in [9.17, 15) is 13.2 Å². The summed E-state index contributed by atoms with van der Waals surface area (Å²) in [7, 11) is 0. The van der Waals surface area contributed by atoms with E-state index >= 15 is 0 Å². The molecule has 22 heavy (non-hydrogen) atoms. The maximum absolute atomic E-state index is 13.2. The number of aromatic nitrogens is 3. The SMILES string of the molecule is Fc1cc(Nc2ccnc(-c3cccnc3)n2)cc(F)c1F. The molecule has 7 heteroatoms. The zero-order valence-corrected chi connectivity index (χ0v) is 11.1. The van der Waals surface area contributed by atoms with Crippen molar-refractivity contribution in [3.8, 4) is 11.4 Å². The van der Waals surface area contributed by atoms with E-state index in [-0.39, 0.29) is 5.69 Å². The molecule has 0 spiro atoms. The summed E-state index contributed by atoms with van der Waals surface area (Å²) in [6.07, 6.45) is 4.71. The molecule has 0 saturated carbocycles. The van der Waals surface area contributed by atoms with Gasteiger partial charge in [0.15, 0.2) is 23.3 Å². The Bertz CT molecular complexity index is 786. The van der Waals surface area contributed by atoms with Crippen LogP contribution in [0.4, 0.5) is 24.7 Å². The Morgan fingerprint density at radius 2 is 1.73 bits per heavy atom. The van der Waals surface area contributed by atoms with Gasteiger partial charge in [-0.1, -0.05) is 0 Å². The lowest BCUT2D eigenvalue weighted by Gasteiger charge is -2.08. The van der Waals surface area contributed by atoms with Gasteiger partial charge >= 0.3 is 0 Å². The van der Waals surface area contributed by atoms with Gasteiger partial charge in [0.1, 0.15) is 5.82 Å². The van der Waals surface area contributed by atoms with Crippen molar-refractivity contribution in [2.45, 2.75) is 0 Å². The summed E-state index contributed by atoms with van der Waals surface area (Å²) in [6.45, 7) is 0. The van der Waals surface area contributed by atoms with Crippen molar-refractivity contribution in [1.82, 2.24) is 15.0 Å². The average molecular weight is 302 g/mol. The van der Waals surface area contributed by atoms with E-state index in [0.717, 1.165) is 12.1 Å². The first-order valence-electron chi connectivity index (χ1n) is 6.28. The van der Waals surface area contributed by atoms with Crippen molar-refractivity contribution >= 4 is 11.5 Å². The van der Waals surface area contributed by atoms with E-state index < -0.39 is 17.5 Å². The van der Waals surface area contributed by atoms with Crippen LogP contribution in [0.1, 0.15) is 0 Å². The van der Waals surface area contributed by atoms with Gasteiger partial charge in [0.2, 0.25) is 0 Å². The topological polar surface area (TPSA) is 50.7 Å². The van der Waals surface area contributed by atoms with Gasteiger partial charge in [0.05, 0.1) is 0 Å². The molecule has 0 amide bonds. The molecule has 110 valence electrons. The van der Waals surface area contributed by atoms with Crippen molar-refractivity contribution in [1.29, 1.82) is 0 Å². The Morgan fingerprint density at radius 1 is 0.955 bits per heavy atom. The molecule has 0 fully saturated rings. The summed E-state index contributed by atoms with van der Waals surface area (Å²) >= 11 is 0. The smallest absolute Gasteiger partial charge is 0.194 e. The highest BCUT2D eigenvalue weighted by Gasteiger charge is 2.11. The molecular formula is C15H9F3N4. The minimum Gasteiger partial charge on any atom is -0.340 e. The predicted molar refractivity (Wildman–Crippen MR) is 74.9 cm³/mol. The fraction of sp³-hybridized carbons (Fsp3) is 0. The molecule has 0 radical (unpaired) electrons. The largest absolute Gasteiger partial charge is 0.340 e. The van der Waals surface area contributed by atoms with Crippen molar-refractivity contribution < 1.29 is 13.2 Å². The van der Waals surface area contributed by atoms with Crippen molar-refractivity contribution in [3.63, 3.8) is 0 Å². The number of pyridine rings is 1. The molecule has 0 aliphatic heterocycles. The number of hydrogen-bond donors (Lipinski definition) is 1. The predicted octanol–water partition coefficient (Wildman–Crippen LogP) is 3.70. The number of hydrogen-bond acceptors (Lipinski definition) is 4. The van der Waals surface area contributed by atoms with Gasteiger partial charge in [-0.15, -0.1) is 0 Å². The second kappa shape index (κ2) is 5.80. The average Bonchev–Trinajstić information content (AvgIpc) is 2.54. The summed E-state index contributed by atoms with van der Waals surface area (Å²) in [5, 5.41) is 2.70. The molecule has 0 aliphatic rings. The molecule has 1 N–H and O–H groups in total. The lowest BCUT2D eigenvalue weighted by molar-refractivity contribution is 0.448. The number of benzene rings is 1. The normalized spacial score (nSPS) is 10.5. The van der Waals surface area contributed by atoms with Gasteiger partial charge in [-0.3, -0.25) is 4.98 Å².